The number of nitrogens with zero attached hydrogens (tertiary/aromatic N) is 1. The van der Waals surface area contributed by atoms with E-state index in [2.05, 4.69) is 37.6 Å². The molecule has 0 spiro atoms. The van der Waals surface area contributed by atoms with Crippen molar-refractivity contribution in [2.45, 2.75) is 25.8 Å². The highest BCUT2D eigenvalue weighted by molar-refractivity contribution is 5.41. The summed E-state index contributed by atoms with van der Waals surface area (Å²) >= 11 is 0. The average molecular weight is 203 g/mol. The van der Waals surface area contributed by atoms with Crippen LogP contribution >= 0.6 is 0 Å². The van der Waals surface area contributed by atoms with Crippen LogP contribution in [0.25, 0.3) is 0 Å². The fourth-order valence-electron chi connectivity index (χ4n) is 1.85. The molecule has 1 aliphatic rings. The standard InChI is InChI=1S/C13H17NO/c1-3-4-9-14(2)12-10-15-13-8-6-5-7-11(12)13/h5-8,12H,3-4,9H2,1-2H3. The number of para-hydroxylation sites is 1. The van der Waals surface area contributed by atoms with Gasteiger partial charge in [0.05, 0.1) is 6.04 Å². The van der Waals surface area contributed by atoms with Gasteiger partial charge in [-0.25, -0.2) is 0 Å². The predicted octanol–water partition coefficient (Wildman–Crippen LogP) is 2.89. The van der Waals surface area contributed by atoms with Crippen molar-refractivity contribution < 1.29 is 4.74 Å². The van der Waals surface area contributed by atoms with Gasteiger partial charge in [-0.1, -0.05) is 31.5 Å². The highest BCUT2D eigenvalue weighted by Crippen LogP contribution is 2.37. The van der Waals surface area contributed by atoms with Crippen molar-refractivity contribution in [1.82, 2.24) is 4.90 Å². The smallest absolute Gasteiger partial charge is 0.219 e. The number of hydrogen-bond acceptors (Lipinski definition) is 2. The minimum absolute atomic E-state index is 0.202. The second-order valence-corrected chi connectivity index (χ2v) is 3.99. The molecule has 1 aromatic rings. The van der Waals surface area contributed by atoms with Gasteiger partial charge in [-0.05, 0) is 26.1 Å². The average Bonchev–Trinajstić information content (AvgIpc) is 2.69. The molecule has 1 atom stereocenters. The Kier molecular flexibility index (Phi) is 3.27. The second-order valence-electron chi connectivity index (χ2n) is 3.99. The van der Waals surface area contributed by atoms with Gasteiger partial charge >= 0.3 is 0 Å². The SMILES string of the molecule is CCCCN(C)C1[C]Oc2ccccc21. The van der Waals surface area contributed by atoms with Crippen LogP contribution in [-0.2, 0) is 0 Å². The van der Waals surface area contributed by atoms with Gasteiger partial charge in [-0.2, -0.15) is 0 Å². The molecule has 0 saturated heterocycles. The zero-order valence-corrected chi connectivity index (χ0v) is 9.36. The molecule has 2 nitrogen and oxygen atoms in total. The van der Waals surface area contributed by atoms with Gasteiger partial charge < -0.3 is 4.74 Å². The van der Waals surface area contributed by atoms with Gasteiger partial charge in [0.15, 0.2) is 0 Å². The van der Waals surface area contributed by atoms with Gasteiger partial charge in [0, 0.05) is 5.56 Å². The normalized spacial score (nSPS) is 19.0. The van der Waals surface area contributed by atoms with Crippen molar-refractivity contribution in [3.05, 3.63) is 36.4 Å². The lowest BCUT2D eigenvalue weighted by Crippen LogP contribution is -2.24. The van der Waals surface area contributed by atoms with Crippen molar-refractivity contribution in [3.8, 4) is 5.75 Å². The Hall–Kier alpha value is -1.02. The molecular formula is C13H17NO. The predicted molar refractivity (Wildman–Crippen MR) is 60.6 cm³/mol. The Morgan fingerprint density at radius 3 is 3.00 bits per heavy atom. The van der Waals surface area contributed by atoms with Crippen LogP contribution in [0.3, 0.4) is 0 Å². The quantitative estimate of drug-likeness (QED) is 0.746. The number of rotatable bonds is 4. The molecule has 0 aromatic heterocycles. The lowest BCUT2D eigenvalue weighted by atomic mass is 10.1. The van der Waals surface area contributed by atoms with E-state index in [0.717, 1.165) is 12.3 Å². The molecule has 0 saturated carbocycles. The molecule has 1 aromatic carbocycles. The maximum absolute atomic E-state index is 5.42. The summed E-state index contributed by atoms with van der Waals surface area (Å²) < 4.78 is 5.42. The van der Waals surface area contributed by atoms with E-state index in [1.807, 2.05) is 12.1 Å². The fraction of sp³-hybridized carbons (Fsp3) is 0.462. The van der Waals surface area contributed by atoms with E-state index >= 15 is 0 Å². The van der Waals surface area contributed by atoms with Gasteiger partial charge in [-0.3, -0.25) is 4.90 Å². The van der Waals surface area contributed by atoms with E-state index in [9.17, 15) is 0 Å². The van der Waals surface area contributed by atoms with Crippen LogP contribution < -0.4 is 4.74 Å². The lowest BCUT2D eigenvalue weighted by Gasteiger charge is -2.21. The van der Waals surface area contributed by atoms with E-state index in [4.69, 9.17) is 4.74 Å². The Morgan fingerprint density at radius 2 is 2.20 bits per heavy atom. The molecule has 2 heteroatoms. The van der Waals surface area contributed by atoms with Crippen LogP contribution in [0.5, 0.6) is 5.75 Å². The largest absolute Gasteiger partial charge is 0.476 e. The molecule has 1 heterocycles. The van der Waals surface area contributed by atoms with Crippen LogP contribution in [0.4, 0.5) is 0 Å². The summed E-state index contributed by atoms with van der Waals surface area (Å²) in [5.41, 5.74) is 1.23. The van der Waals surface area contributed by atoms with Crippen LogP contribution in [0.1, 0.15) is 31.4 Å². The molecule has 1 unspecified atom stereocenters. The molecule has 0 bridgehead atoms. The number of likely N-dealkylation sites (N-methyl/N-ethyl adjacent to an activating group) is 1. The zero-order chi connectivity index (χ0) is 10.7. The Bertz CT molecular complexity index is 324. The Morgan fingerprint density at radius 1 is 1.40 bits per heavy atom. The van der Waals surface area contributed by atoms with E-state index in [1.165, 1.54) is 18.4 Å². The van der Waals surface area contributed by atoms with E-state index < -0.39 is 0 Å². The molecule has 80 valence electrons. The molecule has 2 rings (SSSR count). The fourth-order valence-corrected chi connectivity index (χ4v) is 1.85. The van der Waals surface area contributed by atoms with Crippen LogP contribution in [-0.4, -0.2) is 18.5 Å². The highest BCUT2D eigenvalue weighted by atomic mass is 16.5. The van der Waals surface area contributed by atoms with Crippen molar-refractivity contribution in [3.63, 3.8) is 0 Å². The third kappa shape index (κ3) is 2.15. The van der Waals surface area contributed by atoms with E-state index in [-0.39, 0.29) is 6.04 Å². The van der Waals surface area contributed by atoms with Crippen molar-refractivity contribution in [2.75, 3.05) is 13.6 Å². The first-order valence-corrected chi connectivity index (χ1v) is 5.54. The van der Waals surface area contributed by atoms with Gasteiger partial charge in [-0.15, -0.1) is 0 Å². The van der Waals surface area contributed by atoms with Crippen molar-refractivity contribution in [2.24, 2.45) is 0 Å². The Balaban J connectivity index is 2.06. The Labute approximate surface area is 91.9 Å². The van der Waals surface area contributed by atoms with Crippen LogP contribution in [0.2, 0.25) is 0 Å². The molecule has 0 N–H and O–H groups in total. The number of ether oxygens (including phenoxy) is 1. The summed E-state index contributed by atoms with van der Waals surface area (Å²) in [5, 5.41) is 0. The molecule has 0 amide bonds. The molecule has 2 radical (unpaired) electrons. The van der Waals surface area contributed by atoms with Crippen molar-refractivity contribution >= 4 is 0 Å². The molecule has 0 fully saturated rings. The zero-order valence-electron chi connectivity index (χ0n) is 9.36. The first kappa shape index (κ1) is 10.5. The minimum atomic E-state index is 0.202. The third-order valence-corrected chi connectivity index (χ3v) is 2.80. The maximum atomic E-state index is 5.42. The molecule has 1 aliphatic heterocycles. The first-order chi connectivity index (χ1) is 7.33. The number of hydrogen-bond donors (Lipinski definition) is 0. The topological polar surface area (TPSA) is 12.5 Å². The maximum Gasteiger partial charge on any atom is 0.219 e. The summed E-state index contributed by atoms with van der Waals surface area (Å²) in [6.07, 6.45) is 2.44. The van der Waals surface area contributed by atoms with E-state index in [0.29, 0.717) is 0 Å². The summed E-state index contributed by atoms with van der Waals surface area (Å²) in [5.74, 6) is 0.950. The number of fused-ring (bicyclic) bond motifs is 1. The van der Waals surface area contributed by atoms with Gasteiger partial charge in [0.25, 0.3) is 0 Å². The van der Waals surface area contributed by atoms with Crippen molar-refractivity contribution in [1.29, 1.82) is 0 Å². The third-order valence-electron chi connectivity index (χ3n) is 2.80. The molecule has 0 aliphatic carbocycles. The first-order valence-electron chi connectivity index (χ1n) is 5.54. The minimum Gasteiger partial charge on any atom is -0.476 e. The summed E-state index contributed by atoms with van der Waals surface area (Å²) in [7, 11) is 2.12. The second kappa shape index (κ2) is 4.67. The summed E-state index contributed by atoms with van der Waals surface area (Å²) in [6.45, 7) is 6.35. The highest BCUT2D eigenvalue weighted by Gasteiger charge is 2.28. The monoisotopic (exact) mass is 203 g/mol. The van der Waals surface area contributed by atoms with E-state index in [1.54, 1.807) is 0 Å². The van der Waals surface area contributed by atoms with Crippen LogP contribution in [0.15, 0.2) is 24.3 Å². The molecule has 15 heavy (non-hydrogen) atoms. The van der Waals surface area contributed by atoms with Crippen LogP contribution in [0, 0.1) is 6.61 Å². The summed E-state index contributed by atoms with van der Waals surface area (Å²) in [4.78, 5) is 2.29. The van der Waals surface area contributed by atoms with Gasteiger partial charge in [0.1, 0.15) is 5.75 Å². The summed E-state index contributed by atoms with van der Waals surface area (Å²) in [6, 6.07) is 8.36. The number of unbranched alkanes of at least 4 members (excludes halogenated alkanes) is 1. The molecular weight excluding hydrogens is 186 g/mol. The lowest BCUT2D eigenvalue weighted by molar-refractivity contribution is 0.238. The number of benzene rings is 1. The van der Waals surface area contributed by atoms with Gasteiger partial charge in [0.2, 0.25) is 6.61 Å².